The summed E-state index contributed by atoms with van der Waals surface area (Å²) >= 11 is 0. The molecule has 2 aromatic heterocycles. The highest BCUT2D eigenvalue weighted by Gasteiger charge is 2.21. The Bertz CT molecular complexity index is 559. The van der Waals surface area contributed by atoms with Gasteiger partial charge < -0.3 is 10.6 Å². The molecule has 0 atom stereocenters. The highest BCUT2D eigenvalue weighted by Crippen LogP contribution is 2.23. The SMILES string of the molecule is CCC1CCN(c2nc(N)nc(-n3cncn3)n2)CC1. The molecular formula is C12H18N8. The largest absolute Gasteiger partial charge is 0.368 e. The number of nitrogens with two attached hydrogens (primary N) is 1. The van der Waals surface area contributed by atoms with Crippen LogP contribution in [-0.2, 0) is 0 Å². The summed E-state index contributed by atoms with van der Waals surface area (Å²) in [4.78, 5) is 18.8. The summed E-state index contributed by atoms with van der Waals surface area (Å²) in [6, 6.07) is 0. The van der Waals surface area contributed by atoms with E-state index in [1.54, 1.807) is 6.33 Å². The summed E-state index contributed by atoms with van der Waals surface area (Å²) in [6.45, 7) is 4.15. The van der Waals surface area contributed by atoms with E-state index < -0.39 is 0 Å². The first-order valence-electron chi connectivity index (χ1n) is 6.87. The Hall–Kier alpha value is -2.25. The Morgan fingerprint density at radius 3 is 2.60 bits per heavy atom. The van der Waals surface area contributed by atoms with Crippen molar-refractivity contribution in [2.24, 2.45) is 5.92 Å². The van der Waals surface area contributed by atoms with Crippen molar-refractivity contribution in [2.45, 2.75) is 26.2 Å². The van der Waals surface area contributed by atoms with Gasteiger partial charge in [0.15, 0.2) is 0 Å². The smallest absolute Gasteiger partial charge is 0.258 e. The molecule has 0 unspecified atom stereocenters. The van der Waals surface area contributed by atoms with Gasteiger partial charge >= 0.3 is 0 Å². The fourth-order valence-electron chi connectivity index (χ4n) is 2.47. The van der Waals surface area contributed by atoms with Crippen LogP contribution in [0.25, 0.3) is 5.95 Å². The van der Waals surface area contributed by atoms with Crippen LogP contribution in [0.15, 0.2) is 12.7 Å². The van der Waals surface area contributed by atoms with Crippen LogP contribution in [0, 0.1) is 5.92 Å². The van der Waals surface area contributed by atoms with E-state index in [1.165, 1.54) is 30.3 Å². The molecule has 8 heteroatoms. The average Bonchev–Trinajstić information content (AvgIpc) is 3.01. The first kappa shape index (κ1) is 12.8. The standard InChI is InChI=1S/C12H18N8/c1-2-9-3-5-19(6-4-9)11-16-10(13)17-12(18-11)20-8-14-7-15-20/h7-9H,2-6H2,1H3,(H2,13,16,17,18). The molecule has 1 aliphatic rings. The van der Waals surface area contributed by atoms with E-state index in [1.807, 2.05) is 0 Å². The predicted molar refractivity (Wildman–Crippen MR) is 74.4 cm³/mol. The van der Waals surface area contributed by atoms with Crippen LogP contribution in [0.3, 0.4) is 0 Å². The number of nitrogen functional groups attached to an aromatic ring is 1. The number of hydrogen-bond acceptors (Lipinski definition) is 7. The zero-order valence-corrected chi connectivity index (χ0v) is 11.5. The summed E-state index contributed by atoms with van der Waals surface area (Å²) in [5, 5.41) is 4.02. The van der Waals surface area contributed by atoms with Crippen LogP contribution in [0.2, 0.25) is 0 Å². The quantitative estimate of drug-likeness (QED) is 0.877. The lowest BCUT2D eigenvalue weighted by Crippen LogP contribution is -2.35. The zero-order chi connectivity index (χ0) is 13.9. The van der Waals surface area contributed by atoms with Gasteiger partial charge in [-0.3, -0.25) is 0 Å². The van der Waals surface area contributed by atoms with Crippen LogP contribution in [0.4, 0.5) is 11.9 Å². The van der Waals surface area contributed by atoms with E-state index in [-0.39, 0.29) is 5.95 Å². The topological polar surface area (TPSA) is 98.6 Å². The summed E-state index contributed by atoms with van der Waals surface area (Å²) in [7, 11) is 0. The summed E-state index contributed by atoms with van der Waals surface area (Å²) in [6.07, 6.45) is 6.55. The number of nitrogens with zero attached hydrogens (tertiary/aromatic N) is 7. The average molecular weight is 274 g/mol. The second-order valence-corrected chi connectivity index (χ2v) is 4.97. The molecule has 106 valence electrons. The van der Waals surface area contributed by atoms with Crippen molar-refractivity contribution < 1.29 is 0 Å². The number of hydrogen-bond donors (Lipinski definition) is 1. The molecule has 0 bridgehead atoms. The third-order valence-corrected chi connectivity index (χ3v) is 3.73. The molecule has 8 nitrogen and oxygen atoms in total. The van der Waals surface area contributed by atoms with Crippen LogP contribution < -0.4 is 10.6 Å². The van der Waals surface area contributed by atoms with Crippen LogP contribution >= 0.6 is 0 Å². The lowest BCUT2D eigenvalue weighted by atomic mass is 9.95. The minimum Gasteiger partial charge on any atom is -0.368 e. The normalized spacial score (nSPS) is 16.6. The van der Waals surface area contributed by atoms with E-state index in [0.717, 1.165) is 19.0 Å². The van der Waals surface area contributed by atoms with Crippen LogP contribution in [0.5, 0.6) is 0 Å². The molecule has 0 saturated carbocycles. The fourth-order valence-corrected chi connectivity index (χ4v) is 2.47. The Kier molecular flexibility index (Phi) is 3.44. The maximum absolute atomic E-state index is 5.78. The van der Waals surface area contributed by atoms with E-state index in [9.17, 15) is 0 Å². The number of aromatic nitrogens is 6. The maximum atomic E-state index is 5.78. The summed E-state index contributed by atoms with van der Waals surface area (Å²) in [5.74, 6) is 2.04. The van der Waals surface area contributed by atoms with Crippen molar-refractivity contribution in [2.75, 3.05) is 23.7 Å². The molecule has 2 N–H and O–H groups in total. The minimum atomic E-state index is 0.207. The summed E-state index contributed by atoms with van der Waals surface area (Å²) < 4.78 is 1.49. The van der Waals surface area contributed by atoms with Gasteiger partial charge in [-0.25, -0.2) is 4.98 Å². The van der Waals surface area contributed by atoms with Gasteiger partial charge in [-0.1, -0.05) is 13.3 Å². The second-order valence-electron chi connectivity index (χ2n) is 4.97. The van der Waals surface area contributed by atoms with E-state index in [0.29, 0.717) is 11.9 Å². The molecular weight excluding hydrogens is 256 g/mol. The van der Waals surface area contributed by atoms with E-state index in [4.69, 9.17) is 5.73 Å². The Balaban J connectivity index is 1.83. The van der Waals surface area contributed by atoms with Crippen molar-refractivity contribution in [1.82, 2.24) is 29.7 Å². The van der Waals surface area contributed by atoms with Crippen LogP contribution in [-0.4, -0.2) is 42.8 Å². The Labute approximate surface area is 117 Å². The van der Waals surface area contributed by atoms with Crippen molar-refractivity contribution in [3.63, 3.8) is 0 Å². The Morgan fingerprint density at radius 2 is 1.95 bits per heavy atom. The van der Waals surface area contributed by atoms with Gasteiger partial charge in [-0.2, -0.15) is 24.7 Å². The molecule has 0 amide bonds. The Morgan fingerprint density at radius 1 is 1.20 bits per heavy atom. The zero-order valence-electron chi connectivity index (χ0n) is 11.5. The molecule has 0 radical (unpaired) electrons. The van der Waals surface area contributed by atoms with Crippen molar-refractivity contribution in [1.29, 1.82) is 0 Å². The lowest BCUT2D eigenvalue weighted by Gasteiger charge is -2.31. The molecule has 3 heterocycles. The van der Waals surface area contributed by atoms with Gasteiger partial charge in [-0.15, -0.1) is 0 Å². The predicted octanol–water partition coefficient (Wildman–Crippen LogP) is 0.661. The third-order valence-electron chi connectivity index (χ3n) is 3.73. The van der Waals surface area contributed by atoms with Gasteiger partial charge in [0, 0.05) is 13.1 Å². The highest BCUT2D eigenvalue weighted by molar-refractivity contribution is 5.37. The second kappa shape index (κ2) is 5.40. The number of rotatable bonds is 3. The summed E-state index contributed by atoms with van der Waals surface area (Å²) in [5.41, 5.74) is 5.78. The van der Waals surface area contributed by atoms with Crippen LogP contribution in [0.1, 0.15) is 26.2 Å². The van der Waals surface area contributed by atoms with Crippen molar-refractivity contribution in [3.05, 3.63) is 12.7 Å². The van der Waals surface area contributed by atoms with Crippen molar-refractivity contribution >= 4 is 11.9 Å². The highest BCUT2D eigenvalue weighted by atomic mass is 15.4. The fraction of sp³-hybridized carbons (Fsp3) is 0.583. The number of anilines is 2. The molecule has 0 aromatic carbocycles. The molecule has 0 spiro atoms. The first-order valence-corrected chi connectivity index (χ1v) is 6.87. The van der Waals surface area contributed by atoms with Gasteiger partial charge in [0.1, 0.15) is 12.7 Å². The molecule has 20 heavy (non-hydrogen) atoms. The lowest BCUT2D eigenvalue weighted by molar-refractivity contribution is 0.392. The van der Waals surface area contributed by atoms with Gasteiger partial charge in [-0.05, 0) is 18.8 Å². The first-order chi connectivity index (χ1) is 9.76. The van der Waals surface area contributed by atoms with E-state index >= 15 is 0 Å². The molecule has 0 aliphatic carbocycles. The third kappa shape index (κ3) is 2.54. The van der Waals surface area contributed by atoms with Crippen molar-refractivity contribution in [3.8, 4) is 5.95 Å². The van der Waals surface area contributed by atoms with Gasteiger partial charge in [0.25, 0.3) is 5.95 Å². The van der Waals surface area contributed by atoms with Gasteiger partial charge in [0.05, 0.1) is 0 Å². The molecule has 3 rings (SSSR count). The molecule has 1 fully saturated rings. The molecule has 2 aromatic rings. The van der Waals surface area contributed by atoms with E-state index in [2.05, 4.69) is 36.9 Å². The maximum Gasteiger partial charge on any atom is 0.258 e. The minimum absolute atomic E-state index is 0.207. The number of piperidine rings is 1. The monoisotopic (exact) mass is 274 g/mol. The molecule has 1 saturated heterocycles. The van der Waals surface area contributed by atoms with Gasteiger partial charge in [0.2, 0.25) is 11.9 Å². The molecule has 1 aliphatic heterocycles.